The van der Waals surface area contributed by atoms with E-state index in [0.29, 0.717) is 0 Å². The van der Waals surface area contributed by atoms with Crippen molar-refractivity contribution < 1.29 is 4.79 Å². The van der Waals surface area contributed by atoms with Crippen LogP contribution in [0.2, 0.25) is 0 Å². The molecule has 22 heavy (non-hydrogen) atoms. The number of hydrogen-bond donors (Lipinski definition) is 1. The van der Waals surface area contributed by atoms with Crippen molar-refractivity contribution in [1.82, 2.24) is 5.32 Å². The van der Waals surface area contributed by atoms with Gasteiger partial charge in [-0.1, -0.05) is 36.4 Å². The molecule has 0 aliphatic rings. The summed E-state index contributed by atoms with van der Waals surface area (Å²) in [5, 5.41) is 9.22. The number of benzene rings is 1. The third-order valence-corrected chi connectivity index (χ3v) is 4.86. The first-order valence-electron chi connectivity index (χ1n) is 6.92. The molecule has 1 unspecified atom stereocenters. The van der Waals surface area contributed by atoms with Crippen LogP contribution in [0.4, 0.5) is 0 Å². The van der Waals surface area contributed by atoms with E-state index in [1.54, 1.807) is 28.7 Å². The zero-order valence-electron chi connectivity index (χ0n) is 11.8. The van der Waals surface area contributed by atoms with Crippen molar-refractivity contribution in [3.63, 3.8) is 0 Å². The van der Waals surface area contributed by atoms with Crippen LogP contribution < -0.4 is 5.32 Å². The van der Waals surface area contributed by atoms with Gasteiger partial charge in [0.15, 0.2) is 0 Å². The van der Waals surface area contributed by atoms with Gasteiger partial charge in [-0.3, -0.25) is 4.79 Å². The smallest absolute Gasteiger partial charge is 0.244 e. The van der Waals surface area contributed by atoms with Crippen LogP contribution in [0.25, 0.3) is 6.08 Å². The highest BCUT2D eigenvalue weighted by Gasteiger charge is 2.16. The molecule has 110 valence electrons. The van der Waals surface area contributed by atoms with E-state index in [2.05, 4.69) is 16.8 Å². The normalized spacial score (nSPS) is 12.4. The van der Waals surface area contributed by atoms with Crippen LogP contribution in [-0.4, -0.2) is 5.91 Å². The van der Waals surface area contributed by atoms with Crippen LogP contribution in [0.5, 0.6) is 0 Å². The topological polar surface area (TPSA) is 29.1 Å². The third kappa shape index (κ3) is 3.72. The highest BCUT2D eigenvalue weighted by molar-refractivity contribution is 7.10. The van der Waals surface area contributed by atoms with E-state index in [1.807, 2.05) is 59.3 Å². The largest absolute Gasteiger partial charge is 0.341 e. The summed E-state index contributed by atoms with van der Waals surface area (Å²) in [6, 6.07) is 15.8. The molecule has 0 aliphatic heterocycles. The number of carbonyl (C=O) groups is 1. The first-order chi connectivity index (χ1) is 10.8. The molecule has 1 aromatic carbocycles. The minimum atomic E-state index is -0.0894. The minimum Gasteiger partial charge on any atom is -0.341 e. The van der Waals surface area contributed by atoms with E-state index in [9.17, 15) is 4.79 Å². The molecule has 0 saturated carbocycles. The predicted octanol–water partition coefficient (Wildman–Crippen LogP) is 4.73. The number of hydrogen-bond acceptors (Lipinski definition) is 3. The summed E-state index contributed by atoms with van der Waals surface area (Å²) in [6.45, 7) is 0. The molecule has 2 nitrogen and oxygen atoms in total. The molecule has 0 fully saturated rings. The van der Waals surface area contributed by atoms with Crippen molar-refractivity contribution in [2.75, 3.05) is 0 Å². The first-order valence-corrected chi connectivity index (χ1v) is 8.74. The van der Waals surface area contributed by atoms with Gasteiger partial charge in [0.25, 0.3) is 0 Å². The first kappa shape index (κ1) is 14.8. The van der Waals surface area contributed by atoms with Gasteiger partial charge in [-0.15, -0.1) is 11.3 Å². The van der Waals surface area contributed by atoms with Crippen LogP contribution >= 0.6 is 22.7 Å². The Kier molecular flexibility index (Phi) is 4.83. The van der Waals surface area contributed by atoms with E-state index in [4.69, 9.17) is 0 Å². The lowest BCUT2D eigenvalue weighted by molar-refractivity contribution is -0.116. The van der Waals surface area contributed by atoms with Gasteiger partial charge in [0.05, 0.1) is 6.04 Å². The van der Waals surface area contributed by atoms with Gasteiger partial charge in [0.2, 0.25) is 5.91 Å². The second-order valence-corrected chi connectivity index (χ2v) is 6.52. The fourth-order valence-corrected chi connectivity index (χ4v) is 3.63. The lowest BCUT2D eigenvalue weighted by Crippen LogP contribution is -2.26. The number of amides is 1. The molecule has 0 bridgehead atoms. The lowest BCUT2D eigenvalue weighted by atomic mass is 10.1. The van der Waals surface area contributed by atoms with E-state index in [-0.39, 0.29) is 11.9 Å². The van der Waals surface area contributed by atoms with Gasteiger partial charge in [0.1, 0.15) is 0 Å². The zero-order valence-corrected chi connectivity index (χ0v) is 13.4. The Balaban J connectivity index is 1.74. The summed E-state index contributed by atoms with van der Waals surface area (Å²) in [5.41, 5.74) is 2.13. The summed E-state index contributed by atoms with van der Waals surface area (Å²) in [6.07, 6.45) is 3.41. The molecule has 0 aliphatic carbocycles. The Bertz CT molecular complexity index is 697. The number of nitrogens with one attached hydrogen (secondary N) is 1. The molecule has 0 radical (unpaired) electrons. The third-order valence-electron chi connectivity index (χ3n) is 3.22. The fraction of sp³-hybridized carbons (Fsp3) is 0.0556. The highest BCUT2D eigenvalue weighted by atomic mass is 32.1. The average Bonchev–Trinajstić information content (AvgIpc) is 3.25. The molecule has 2 aromatic heterocycles. The Morgan fingerprint density at radius 1 is 1.05 bits per heavy atom. The molecule has 2 heterocycles. The van der Waals surface area contributed by atoms with Crippen LogP contribution in [0.3, 0.4) is 0 Å². The maximum atomic E-state index is 12.2. The summed E-state index contributed by atoms with van der Waals surface area (Å²) in [7, 11) is 0. The minimum absolute atomic E-state index is 0.0841. The van der Waals surface area contributed by atoms with E-state index >= 15 is 0 Å². The number of carbonyl (C=O) groups excluding carboxylic acids is 1. The molecule has 0 saturated heterocycles. The van der Waals surface area contributed by atoms with Gasteiger partial charge in [-0.05, 0) is 45.5 Å². The van der Waals surface area contributed by atoms with Crippen molar-refractivity contribution in [2.24, 2.45) is 0 Å². The molecule has 1 amide bonds. The molecule has 3 rings (SSSR count). The van der Waals surface area contributed by atoms with Crippen molar-refractivity contribution >= 4 is 34.7 Å². The Morgan fingerprint density at radius 2 is 1.91 bits per heavy atom. The van der Waals surface area contributed by atoms with Gasteiger partial charge in [-0.25, -0.2) is 0 Å². The summed E-state index contributed by atoms with van der Waals surface area (Å²) < 4.78 is 0. The molecule has 0 spiro atoms. The zero-order chi connectivity index (χ0) is 15.2. The lowest BCUT2D eigenvalue weighted by Gasteiger charge is -2.15. The monoisotopic (exact) mass is 325 g/mol. The summed E-state index contributed by atoms with van der Waals surface area (Å²) in [5.74, 6) is -0.0894. The molecular formula is C18H15NOS2. The molecule has 3 aromatic rings. The van der Waals surface area contributed by atoms with Crippen LogP contribution in [0.15, 0.2) is 70.7 Å². The quantitative estimate of drug-likeness (QED) is 0.675. The Morgan fingerprint density at radius 3 is 2.59 bits per heavy atom. The van der Waals surface area contributed by atoms with E-state index < -0.39 is 0 Å². The molecule has 1 N–H and O–H groups in total. The van der Waals surface area contributed by atoms with E-state index in [1.165, 1.54) is 0 Å². The van der Waals surface area contributed by atoms with Crippen molar-refractivity contribution in [3.8, 4) is 0 Å². The fourth-order valence-electron chi connectivity index (χ4n) is 2.14. The van der Waals surface area contributed by atoms with Crippen LogP contribution in [-0.2, 0) is 4.79 Å². The van der Waals surface area contributed by atoms with Gasteiger partial charge in [0, 0.05) is 11.0 Å². The maximum absolute atomic E-state index is 12.2. The second-order valence-electron chi connectivity index (χ2n) is 4.76. The standard InChI is InChI=1S/C18H15NOS2/c20-17(9-8-14-5-2-1-3-6-14)19-18(15-10-12-21-13-15)16-7-4-11-22-16/h1-13,18H,(H,19,20). The summed E-state index contributed by atoms with van der Waals surface area (Å²) in [4.78, 5) is 13.4. The number of thiophene rings is 2. The Hall–Kier alpha value is -2.17. The van der Waals surface area contributed by atoms with Crippen LogP contribution in [0.1, 0.15) is 22.0 Å². The summed E-state index contributed by atoms with van der Waals surface area (Å²) >= 11 is 3.29. The highest BCUT2D eigenvalue weighted by Crippen LogP contribution is 2.27. The SMILES string of the molecule is O=C(C=Cc1ccccc1)NC(c1ccsc1)c1cccs1. The van der Waals surface area contributed by atoms with Gasteiger partial charge in [-0.2, -0.15) is 11.3 Å². The van der Waals surface area contributed by atoms with Crippen molar-refractivity contribution in [2.45, 2.75) is 6.04 Å². The Labute approximate surface area is 137 Å². The average molecular weight is 325 g/mol. The van der Waals surface area contributed by atoms with Gasteiger partial charge < -0.3 is 5.32 Å². The molecule has 1 atom stereocenters. The van der Waals surface area contributed by atoms with Crippen molar-refractivity contribution in [3.05, 3.63) is 86.8 Å². The van der Waals surface area contributed by atoms with Crippen LogP contribution in [0, 0.1) is 0 Å². The van der Waals surface area contributed by atoms with Gasteiger partial charge >= 0.3 is 0 Å². The van der Waals surface area contributed by atoms with E-state index in [0.717, 1.165) is 16.0 Å². The number of rotatable bonds is 5. The maximum Gasteiger partial charge on any atom is 0.244 e. The molecule has 4 heteroatoms. The second kappa shape index (κ2) is 7.20. The molecular weight excluding hydrogens is 310 g/mol. The van der Waals surface area contributed by atoms with Crippen molar-refractivity contribution in [1.29, 1.82) is 0 Å². The predicted molar refractivity (Wildman–Crippen MR) is 94.1 cm³/mol.